The lowest BCUT2D eigenvalue weighted by molar-refractivity contribution is 0.240. The average molecular weight is 284 g/mol. The molecule has 0 heterocycles. The van der Waals surface area contributed by atoms with Crippen molar-refractivity contribution in [2.45, 2.75) is 52.5 Å². The lowest BCUT2D eigenvalue weighted by Crippen LogP contribution is -2.21. The van der Waals surface area contributed by atoms with E-state index >= 15 is 0 Å². The van der Waals surface area contributed by atoms with Crippen LogP contribution in [0.25, 0.3) is 0 Å². The third-order valence-corrected chi connectivity index (χ3v) is 3.94. The van der Waals surface area contributed by atoms with E-state index in [-0.39, 0.29) is 6.04 Å². The van der Waals surface area contributed by atoms with Crippen LogP contribution >= 0.6 is 11.6 Å². The van der Waals surface area contributed by atoms with Gasteiger partial charge < -0.3 is 10.5 Å². The van der Waals surface area contributed by atoms with Gasteiger partial charge in [-0.1, -0.05) is 51.3 Å². The first-order valence-electron chi connectivity index (χ1n) is 7.27. The van der Waals surface area contributed by atoms with E-state index in [0.29, 0.717) is 10.9 Å². The first kappa shape index (κ1) is 16.3. The largest absolute Gasteiger partial charge is 0.492 e. The normalized spacial score (nSPS) is 12.7. The summed E-state index contributed by atoms with van der Waals surface area (Å²) >= 11 is 6.26. The van der Waals surface area contributed by atoms with Gasteiger partial charge in [0.15, 0.2) is 0 Å². The smallest absolute Gasteiger partial charge is 0.137 e. The van der Waals surface area contributed by atoms with Gasteiger partial charge >= 0.3 is 0 Å². The molecule has 2 nitrogen and oxygen atoms in total. The van der Waals surface area contributed by atoms with Crippen molar-refractivity contribution in [1.29, 1.82) is 0 Å². The molecule has 0 saturated heterocycles. The van der Waals surface area contributed by atoms with Gasteiger partial charge in [0.25, 0.3) is 0 Å². The summed E-state index contributed by atoms with van der Waals surface area (Å²) in [5.41, 5.74) is 7.13. The number of halogens is 1. The molecule has 3 heteroatoms. The molecule has 108 valence electrons. The zero-order valence-corrected chi connectivity index (χ0v) is 13.0. The molecule has 1 rings (SSSR count). The van der Waals surface area contributed by atoms with E-state index in [9.17, 15) is 0 Å². The maximum atomic E-state index is 6.26. The summed E-state index contributed by atoms with van der Waals surface area (Å²) in [7, 11) is 0. The molecule has 0 saturated carbocycles. The van der Waals surface area contributed by atoms with Crippen molar-refractivity contribution in [3.05, 3.63) is 28.8 Å². The fourth-order valence-electron chi connectivity index (χ4n) is 1.97. The number of ether oxygens (including phenoxy) is 1. The quantitative estimate of drug-likeness (QED) is 0.766. The van der Waals surface area contributed by atoms with Gasteiger partial charge in [0.05, 0.1) is 11.6 Å². The summed E-state index contributed by atoms with van der Waals surface area (Å²) < 4.78 is 5.80. The van der Waals surface area contributed by atoms with Crippen LogP contribution in [0.4, 0.5) is 0 Å². The second kappa shape index (κ2) is 8.44. The van der Waals surface area contributed by atoms with Crippen LogP contribution < -0.4 is 10.5 Å². The van der Waals surface area contributed by atoms with E-state index in [1.54, 1.807) is 0 Å². The van der Waals surface area contributed by atoms with Crippen molar-refractivity contribution in [1.82, 2.24) is 0 Å². The molecule has 0 fully saturated rings. The SMILES string of the molecule is CCC(N)Cc1ccc(OCC(CC)CC)c(Cl)c1. The second-order valence-corrected chi connectivity index (χ2v) is 5.54. The minimum absolute atomic E-state index is 0.201. The molecule has 1 unspecified atom stereocenters. The Morgan fingerprint density at radius 2 is 1.84 bits per heavy atom. The number of benzene rings is 1. The maximum Gasteiger partial charge on any atom is 0.137 e. The topological polar surface area (TPSA) is 35.2 Å². The first-order chi connectivity index (χ1) is 9.10. The molecule has 0 aliphatic carbocycles. The molecule has 0 radical (unpaired) electrons. The van der Waals surface area contributed by atoms with E-state index in [0.717, 1.165) is 38.0 Å². The molecular weight excluding hydrogens is 258 g/mol. The lowest BCUT2D eigenvalue weighted by atomic mass is 10.0. The van der Waals surface area contributed by atoms with E-state index in [1.165, 1.54) is 5.56 Å². The summed E-state index contributed by atoms with van der Waals surface area (Å²) in [6.07, 6.45) is 4.11. The summed E-state index contributed by atoms with van der Waals surface area (Å²) in [5, 5.41) is 0.687. The zero-order valence-electron chi connectivity index (χ0n) is 12.3. The van der Waals surface area contributed by atoms with Crippen LogP contribution in [0.1, 0.15) is 45.6 Å². The highest BCUT2D eigenvalue weighted by Gasteiger charge is 2.09. The molecule has 1 atom stereocenters. The molecule has 0 aromatic heterocycles. The van der Waals surface area contributed by atoms with Gasteiger partial charge in [-0.05, 0) is 36.5 Å². The number of rotatable bonds is 8. The molecule has 0 bridgehead atoms. The van der Waals surface area contributed by atoms with Crippen molar-refractivity contribution in [2.24, 2.45) is 11.7 Å². The number of hydrogen-bond donors (Lipinski definition) is 1. The Morgan fingerprint density at radius 1 is 1.16 bits per heavy atom. The molecule has 0 amide bonds. The Kier molecular flexibility index (Phi) is 7.25. The van der Waals surface area contributed by atoms with Crippen LogP contribution in [-0.2, 0) is 6.42 Å². The maximum absolute atomic E-state index is 6.26. The van der Waals surface area contributed by atoms with Crippen LogP contribution in [0.5, 0.6) is 5.75 Å². The van der Waals surface area contributed by atoms with Gasteiger partial charge in [-0.3, -0.25) is 0 Å². The Labute approximate surface area is 122 Å². The highest BCUT2D eigenvalue weighted by molar-refractivity contribution is 6.32. The third-order valence-electron chi connectivity index (χ3n) is 3.65. The highest BCUT2D eigenvalue weighted by atomic mass is 35.5. The van der Waals surface area contributed by atoms with Gasteiger partial charge in [0, 0.05) is 6.04 Å². The number of nitrogens with two attached hydrogens (primary N) is 1. The molecule has 0 aliphatic heterocycles. The van der Waals surface area contributed by atoms with Crippen molar-refractivity contribution in [2.75, 3.05) is 6.61 Å². The Balaban J connectivity index is 2.61. The Bertz CT molecular complexity index is 377. The van der Waals surface area contributed by atoms with Gasteiger partial charge in [0.2, 0.25) is 0 Å². The van der Waals surface area contributed by atoms with Gasteiger partial charge in [-0.2, -0.15) is 0 Å². The highest BCUT2D eigenvalue weighted by Crippen LogP contribution is 2.27. The summed E-state index contributed by atoms with van der Waals surface area (Å²) in [6, 6.07) is 6.19. The molecule has 1 aromatic rings. The molecule has 0 aliphatic rings. The molecule has 0 spiro atoms. The van der Waals surface area contributed by atoms with Crippen LogP contribution in [0.3, 0.4) is 0 Å². The van der Waals surface area contributed by atoms with Crippen molar-refractivity contribution in [3.8, 4) is 5.75 Å². The minimum Gasteiger partial charge on any atom is -0.492 e. The second-order valence-electron chi connectivity index (χ2n) is 5.13. The monoisotopic (exact) mass is 283 g/mol. The lowest BCUT2D eigenvalue weighted by Gasteiger charge is -2.15. The van der Waals surface area contributed by atoms with E-state index in [1.807, 2.05) is 12.1 Å². The van der Waals surface area contributed by atoms with Crippen molar-refractivity contribution < 1.29 is 4.74 Å². The predicted molar refractivity (Wildman–Crippen MR) is 83.0 cm³/mol. The average Bonchev–Trinajstić information content (AvgIpc) is 2.41. The molecule has 19 heavy (non-hydrogen) atoms. The Morgan fingerprint density at radius 3 is 2.37 bits per heavy atom. The predicted octanol–water partition coefficient (Wildman–Crippen LogP) is 4.43. The molecule has 2 N–H and O–H groups in total. The number of hydrogen-bond acceptors (Lipinski definition) is 2. The van der Waals surface area contributed by atoms with Crippen molar-refractivity contribution >= 4 is 11.6 Å². The first-order valence-corrected chi connectivity index (χ1v) is 7.65. The van der Waals surface area contributed by atoms with Gasteiger partial charge in [-0.15, -0.1) is 0 Å². The minimum atomic E-state index is 0.201. The van der Waals surface area contributed by atoms with Gasteiger partial charge in [-0.25, -0.2) is 0 Å². The van der Waals surface area contributed by atoms with Crippen LogP contribution in [-0.4, -0.2) is 12.6 Å². The fraction of sp³-hybridized carbons (Fsp3) is 0.625. The third kappa shape index (κ3) is 5.42. The Hall–Kier alpha value is -0.730. The van der Waals surface area contributed by atoms with Crippen LogP contribution in [0.15, 0.2) is 18.2 Å². The summed E-state index contributed by atoms with van der Waals surface area (Å²) in [6.45, 7) is 7.21. The molecule has 1 aromatic carbocycles. The molecular formula is C16H26ClNO. The van der Waals surface area contributed by atoms with Gasteiger partial charge in [0.1, 0.15) is 5.75 Å². The van der Waals surface area contributed by atoms with Crippen LogP contribution in [0, 0.1) is 5.92 Å². The zero-order chi connectivity index (χ0) is 14.3. The fourth-order valence-corrected chi connectivity index (χ4v) is 2.23. The summed E-state index contributed by atoms with van der Waals surface area (Å²) in [5.74, 6) is 1.38. The standard InChI is InChI=1S/C16H26ClNO/c1-4-12(5-2)11-19-16-8-7-13(10-15(16)17)9-14(18)6-3/h7-8,10,12,14H,4-6,9,11,18H2,1-3H3. The van der Waals surface area contributed by atoms with Crippen LogP contribution in [0.2, 0.25) is 5.02 Å². The van der Waals surface area contributed by atoms with E-state index < -0.39 is 0 Å². The van der Waals surface area contributed by atoms with E-state index in [2.05, 4.69) is 26.8 Å². The van der Waals surface area contributed by atoms with E-state index in [4.69, 9.17) is 22.1 Å². The van der Waals surface area contributed by atoms with Crippen molar-refractivity contribution in [3.63, 3.8) is 0 Å². The summed E-state index contributed by atoms with van der Waals surface area (Å²) in [4.78, 5) is 0.